The second-order valence-corrected chi connectivity index (χ2v) is 4.15. The van der Waals surface area contributed by atoms with E-state index < -0.39 is 0 Å². The summed E-state index contributed by atoms with van der Waals surface area (Å²) in [4.78, 5) is 4.40. The molecule has 1 N–H and O–H groups in total. The van der Waals surface area contributed by atoms with E-state index in [4.69, 9.17) is 0 Å². The molecule has 4 heteroatoms. The molecule has 2 aromatic carbocycles. The molecule has 0 aliphatic carbocycles. The third-order valence-corrected chi connectivity index (χ3v) is 2.98. The van der Waals surface area contributed by atoms with E-state index in [1.807, 2.05) is 0 Å². The molecule has 0 bridgehead atoms. The minimum absolute atomic E-state index is 0.172. The van der Waals surface area contributed by atoms with Crippen LogP contribution in [0.5, 0.6) is 5.75 Å². The number of aromatic hydroxyl groups is 1. The highest BCUT2D eigenvalue weighted by Gasteiger charge is 2.13. The average molecular weight is 242 g/mol. The minimum atomic E-state index is -0.305. The number of phenols is 1. The Kier molecular flexibility index (Phi) is 2.30. The Bertz CT molecular complexity index is 734. The van der Waals surface area contributed by atoms with Crippen LogP contribution < -0.4 is 0 Å². The molecular formula is C14H11FN2O. The van der Waals surface area contributed by atoms with Crippen LogP contribution in [-0.4, -0.2) is 14.7 Å². The first-order valence-corrected chi connectivity index (χ1v) is 5.57. The number of fused-ring (bicyclic) bond motifs is 1. The molecule has 90 valence electrons. The van der Waals surface area contributed by atoms with Crippen molar-refractivity contribution in [3.63, 3.8) is 0 Å². The third-order valence-electron chi connectivity index (χ3n) is 2.98. The van der Waals surface area contributed by atoms with Gasteiger partial charge >= 0.3 is 0 Å². The molecule has 3 nitrogen and oxygen atoms in total. The largest absolute Gasteiger partial charge is 0.508 e. The lowest BCUT2D eigenvalue weighted by atomic mass is 10.2. The van der Waals surface area contributed by atoms with E-state index in [0.29, 0.717) is 11.4 Å². The van der Waals surface area contributed by atoms with Gasteiger partial charge in [-0.1, -0.05) is 12.1 Å². The fourth-order valence-electron chi connectivity index (χ4n) is 2.06. The lowest BCUT2D eigenvalue weighted by Gasteiger charge is -2.03. The van der Waals surface area contributed by atoms with Gasteiger partial charge in [0.1, 0.15) is 17.4 Å². The van der Waals surface area contributed by atoms with Crippen molar-refractivity contribution in [2.45, 2.75) is 0 Å². The van der Waals surface area contributed by atoms with Crippen LogP contribution in [0, 0.1) is 5.82 Å². The average Bonchev–Trinajstić information content (AvgIpc) is 2.68. The SMILES string of the molecule is Cn1c(-c2ccccc2F)nc2ccc(O)cc21. The molecule has 0 aliphatic heterocycles. The second-order valence-electron chi connectivity index (χ2n) is 4.15. The van der Waals surface area contributed by atoms with Gasteiger partial charge in [0.15, 0.2) is 0 Å². The summed E-state index contributed by atoms with van der Waals surface area (Å²) in [6, 6.07) is 11.4. The lowest BCUT2D eigenvalue weighted by Crippen LogP contribution is -1.94. The van der Waals surface area contributed by atoms with Crippen LogP contribution in [0.1, 0.15) is 0 Å². The first-order chi connectivity index (χ1) is 8.66. The predicted octanol–water partition coefficient (Wildman–Crippen LogP) is 3.09. The molecule has 0 aliphatic rings. The number of rotatable bonds is 1. The maximum absolute atomic E-state index is 13.8. The number of benzene rings is 2. The van der Waals surface area contributed by atoms with Gasteiger partial charge in [0.25, 0.3) is 0 Å². The fourth-order valence-corrected chi connectivity index (χ4v) is 2.06. The maximum atomic E-state index is 13.8. The molecule has 0 atom stereocenters. The van der Waals surface area contributed by atoms with Gasteiger partial charge in [0.2, 0.25) is 0 Å². The number of aromatic nitrogens is 2. The van der Waals surface area contributed by atoms with Gasteiger partial charge in [-0.15, -0.1) is 0 Å². The van der Waals surface area contributed by atoms with Gasteiger partial charge in [-0.05, 0) is 24.3 Å². The summed E-state index contributed by atoms with van der Waals surface area (Å²) >= 11 is 0. The van der Waals surface area contributed by atoms with E-state index in [1.165, 1.54) is 6.07 Å². The number of imidazole rings is 1. The summed E-state index contributed by atoms with van der Waals surface area (Å²) in [6.07, 6.45) is 0. The highest BCUT2D eigenvalue weighted by molar-refractivity contribution is 5.81. The Morgan fingerprint density at radius 1 is 1.17 bits per heavy atom. The van der Waals surface area contributed by atoms with Crippen LogP contribution in [0.4, 0.5) is 4.39 Å². The Hall–Kier alpha value is -2.36. The fraction of sp³-hybridized carbons (Fsp3) is 0.0714. The number of hydrogen-bond acceptors (Lipinski definition) is 2. The first-order valence-electron chi connectivity index (χ1n) is 5.57. The molecule has 0 amide bonds. The Labute approximate surface area is 103 Å². The summed E-state index contributed by atoms with van der Waals surface area (Å²) < 4.78 is 15.5. The molecule has 1 aromatic heterocycles. The van der Waals surface area contributed by atoms with Crippen molar-refractivity contribution in [3.8, 4) is 17.1 Å². The van der Waals surface area contributed by atoms with Crippen LogP contribution in [0.25, 0.3) is 22.4 Å². The van der Waals surface area contributed by atoms with Crippen LogP contribution in [0.3, 0.4) is 0 Å². The highest BCUT2D eigenvalue weighted by Crippen LogP contribution is 2.27. The molecule has 0 saturated carbocycles. The molecule has 1 heterocycles. The molecule has 0 saturated heterocycles. The normalized spacial score (nSPS) is 11.0. The number of hydrogen-bond donors (Lipinski definition) is 1. The number of halogens is 1. The molecule has 0 radical (unpaired) electrons. The molecule has 0 unspecified atom stereocenters. The van der Waals surface area contributed by atoms with Crippen LogP contribution in [0.2, 0.25) is 0 Å². The van der Waals surface area contributed by atoms with E-state index in [0.717, 1.165) is 11.0 Å². The van der Waals surface area contributed by atoms with Crippen LogP contribution in [-0.2, 0) is 7.05 Å². The summed E-state index contributed by atoms with van der Waals surface area (Å²) in [7, 11) is 1.80. The zero-order valence-electron chi connectivity index (χ0n) is 9.76. The lowest BCUT2D eigenvalue weighted by molar-refractivity contribution is 0.476. The Balaban J connectivity index is 2.31. The van der Waals surface area contributed by atoms with Crippen molar-refractivity contribution in [3.05, 3.63) is 48.3 Å². The standard InChI is InChI=1S/C14H11FN2O/c1-17-13-8-9(18)6-7-12(13)16-14(17)10-4-2-3-5-11(10)15/h2-8,18H,1H3. The van der Waals surface area contributed by atoms with Crippen molar-refractivity contribution in [1.29, 1.82) is 0 Å². The zero-order valence-corrected chi connectivity index (χ0v) is 9.76. The number of aryl methyl sites for hydroxylation is 1. The summed E-state index contributed by atoms with van der Waals surface area (Å²) in [6.45, 7) is 0. The molecular weight excluding hydrogens is 231 g/mol. The van der Waals surface area contributed by atoms with Crippen LogP contribution >= 0.6 is 0 Å². The predicted molar refractivity (Wildman–Crippen MR) is 67.8 cm³/mol. The van der Waals surface area contributed by atoms with Gasteiger partial charge in [0, 0.05) is 13.1 Å². The minimum Gasteiger partial charge on any atom is -0.508 e. The summed E-state index contributed by atoms with van der Waals surface area (Å²) in [5.41, 5.74) is 1.96. The number of phenolic OH excluding ortho intramolecular Hbond substituents is 1. The molecule has 0 fully saturated rings. The highest BCUT2D eigenvalue weighted by atomic mass is 19.1. The number of nitrogens with zero attached hydrogens (tertiary/aromatic N) is 2. The van der Waals surface area contributed by atoms with E-state index in [-0.39, 0.29) is 11.6 Å². The van der Waals surface area contributed by atoms with E-state index in [2.05, 4.69) is 4.98 Å². The van der Waals surface area contributed by atoms with Gasteiger partial charge in [-0.2, -0.15) is 0 Å². The van der Waals surface area contributed by atoms with Gasteiger partial charge in [-0.3, -0.25) is 0 Å². The van der Waals surface area contributed by atoms with E-state index in [9.17, 15) is 9.50 Å². The van der Waals surface area contributed by atoms with E-state index in [1.54, 1.807) is 48.0 Å². The summed E-state index contributed by atoms with van der Waals surface area (Å²) in [5, 5.41) is 9.47. The first kappa shape index (κ1) is 10.8. The Morgan fingerprint density at radius 2 is 1.94 bits per heavy atom. The molecule has 3 rings (SSSR count). The van der Waals surface area contributed by atoms with Crippen molar-refractivity contribution in [2.24, 2.45) is 7.05 Å². The molecule has 3 aromatic rings. The molecule has 0 spiro atoms. The maximum Gasteiger partial charge on any atom is 0.143 e. The van der Waals surface area contributed by atoms with Crippen molar-refractivity contribution in [1.82, 2.24) is 9.55 Å². The second kappa shape index (κ2) is 3.84. The van der Waals surface area contributed by atoms with Gasteiger partial charge in [0.05, 0.1) is 16.6 Å². The van der Waals surface area contributed by atoms with Gasteiger partial charge in [-0.25, -0.2) is 9.37 Å². The molecule has 18 heavy (non-hydrogen) atoms. The monoisotopic (exact) mass is 242 g/mol. The summed E-state index contributed by atoms with van der Waals surface area (Å²) in [5.74, 6) is 0.416. The Morgan fingerprint density at radius 3 is 2.72 bits per heavy atom. The topological polar surface area (TPSA) is 38.0 Å². The van der Waals surface area contributed by atoms with Crippen LogP contribution in [0.15, 0.2) is 42.5 Å². The smallest absolute Gasteiger partial charge is 0.143 e. The van der Waals surface area contributed by atoms with Gasteiger partial charge < -0.3 is 9.67 Å². The quantitative estimate of drug-likeness (QED) is 0.712. The van der Waals surface area contributed by atoms with E-state index >= 15 is 0 Å². The van der Waals surface area contributed by atoms with Crippen molar-refractivity contribution >= 4 is 11.0 Å². The third kappa shape index (κ3) is 1.54. The van der Waals surface area contributed by atoms with Crippen molar-refractivity contribution < 1.29 is 9.50 Å². The van der Waals surface area contributed by atoms with Crippen molar-refractivity contribution in [2.75, 3.05) is 0 Å². The zero-order chi connectivity index (χ0) is 12.7.